The van der Waals surface area contributed by atoms with Crippen LogP contribution in [0.4, 0.5) is 4.39 Å². The zero-order valence-electron chi connectivity index (χ0n) is 28.6. The Balaban J connectivity index is 1.48. The maximum absolute atomic E-state index is 15.4. The standard InChI is InChI=1S/C38H41FN6O4/c1-38(2,3)27-18-26-21-41-45(37(49)35(26)30(39)19-27)33-13-8-12-28(29(33)23-46)32-22-44(6)36(48)31(42-32)17-24-10-7-11-25(16-24)20-40-34(47)14-9-15-43(4)5/h7-14,16,18-19,21-22,46H,15,17,20,23H2,1-6H3,(H,40,47)/b14-9+. The van der Waals surface area contributed by atoms with E-state index in [-0.39, 0.29) is 40.1 Å². The van der Waals surface area contributed by atoms with Crippen molar-refractivity contribution >= 4 is 16.7 Å². The van der Waals surface area contributed by atoms with Crippen molar-refractivity contribution in [1.82, 2.24) is 29.5 Å². The Bertz CT molecular complexity index is 2180. The van der Waals surface area contributed by atoms with Crippen LogP contribution in [0.5, 0.6) is 0 Å². The first-order valence-corrected chi connectivity index (χ1v) is 16.0. The van der Waals surface area contributed by atoms with Gasteiger partial charge in [0.15, 0.2) is 0 Å². The second-order valence-electron chi connectivity index (χ2n) is 13.4. The minimum absolute atomic E-state index is 0.0950. The number of carbonyl (C=O) groups is 1. The molecule has 1 amide bonds. The number of hydrogen-bond donors (Lipinski definition) is 2. The van der Waals surface area contributed by atoms with Crippen LogP contribution in [0.25, 0.3) is 27.7 Å². The quantitative estimate of drug-likeness (QED) is 0.212. The zero-order chi connectivity index (χ0) is 35.5. The van der Waals surface area contributed by atoms with Gasteiger partial charge in [0, 0.05) is 55.3 Å². The molecule has 3 aromatic carbocycles. The van der Waals surface area contributed by atoms with Crippen LogP contribution in [0, 0.1) is 5.82 Å². The zero-order valence-corrected chi connectivity index (χ0v) is 28.6. The fourth-order valence-electron chi connectivity index (χ4n) is 5.59. The van der Waals surface area contributed by atoms with Gasteiger partial charge in [0.05, 0.1) is 29.6 Å². The van der Waals surface area contributed by atoms with E-state index < -0.39 is 18.0 Å². The van der Waals surface area contributed by atoms with E-state index in [1.165, 1.54) is 22.9 Å². The number of aryl methyl sites for hydroxylation is 1. The number of likely N-dealkylation sites (N-methyl/N-ethyl adjacent to an activating group) is 1. The van der Waals surface area contributed by atoms with Gasteiger partial charge >= 0.3 is 0 Å². The lowest BCUT2D eigenvalue weighted by Crippen LogP contribution is -2.25. The number of amides is 1. The summed E-state index contributed by atoms with van der Waals surface area (Å²) in [6.07, 6.45) is 6.54. The molecule has 0 aliphatic rings. The van der Waals surface area contributed by atoms with Crippen molar-refractivity contribution in [1.29, 1.82) is 0 Å². The highest BCUT2D eigenvalue weighted by Gasteiger charge is 2.21. The minimum atomic E-state index is -0.655. The summed E-state index contributed by atoms with van der Waals surface area (Å²) in [6, 6.07) is 15.8. The predicted molar refractivity (Wildman–Crippen MR) is 189 cm³/mol. The van der Waals surface area contributed by atoms with Gasteiger partial charge in [0.2, 0.25) is 5.91 Å². The van der Waals surface area contributed by atoms with Crippen molar-refractivity contribution in [3.05, 3.63) is 134 Å². The Labute approximate surface area is 284 Å². The van der Waals surface area contributed by atoms with Crippen molar-refractivity contribution in [3.63, 3.8) is 0 Å². The van der Waals surface area contributed by atoms with E-state index in [2.05, 4.69) is 10.4 Å². The van der Waals surface area contributed by atoms with Gasteiger partial charge in [-0.15, -0.1) is 0 Å². The topological polar surface area (TPSA) is 122 Å². The number of rotatable bonds is 10. The lowest BCUT2D eigenvalue weighted by Gasteiger charge is -2.20. The number of aliphatic hydroxyl groups excluding tert-OH is 1. The molecule has 0 atom stereocenters. The summed E-state index contributed by atoms with van der Waals surface area (Å²) < 4.78 is 17.9. The summed E-state index contributed by atoms with van der Waals surface area (Å²) in [5.41, 5.74) is 2.97. The van der Waals surface area contributed by atoms with Gasteiger partial charge in [-0.2, -0.15) is 9.78 Å². The van der Waals surface area contributed by atoms with E-state index in [4.69, 9.17) is 4.98 Å². The van der Waals surface area contributed by atoms with E-state index in [0.717, 1.165) is 21.4 Å². The first kappa shape index (κ1) is 35.1. The monoisotopic (exact) mass is 664 g/mol. The van der Waals surface area contributed by atoms with Crippen LogP contribution in [0.2, 0.25) is 0 Å². The molecule has 49 heavy (non-hydrogen) atoms. The number of carbonyl (C=O) groups excluding carboxylic acids is 1. The molecule has 0 aliphatic carbocycles. The summed E-state index contributed by atoms with van der Waals surface area (Å²) >= 11 is 0. The van der Waals surface area contributed by atoms with Gasteiger partial charge in [0.1, 0.15) is 11.5 Å². The maximum Gasteiger partial charge on any atom is 0.282 e. The Morgan fingerprint density at radius 2 is 1.78 bits per heavy atom. The second kappa shape index (κ2) is 14.5. The fraction of sp³-hybridized carbons (Fsp3) is 0.289. The molecular weight excluding hydrogens is 623 g/mol. The molecule has 11 heteroatoms. The number of halogens is 1. The van der Waals surface area contributed by atoms with Crippen molar-refractivity contribution < 1.29 is 14.3 Å². The first-order valence-electron chi connectivity index (χ1n) is 16.0. The van der Waals surface area contributed by atoms with Gasteiger partial charge < -0.3 is 19.9 Å². The molecule has 0 bridgehead atoms. The van der Waals surface area contributed by atoms with E-state index in [0.29, 0.717) is 35.3 Å². The largest absolute Gasteiger partial charge is 0.392 e. The lowest BCUT2D eigenvalue weighted by atomic mass is 9.86. The normalized spacial score (nSPS) is 11.9. The van der Waals surface area contributed by atoms with E-state index in [9.17, 15) is 19.5 Å². The van der Waals surface area contributed by atoms with E-state index >= 15 is 4.39 Å². The molecule has 0 fully saturated rings. The molecule has 0 saturated heterocycles. The van der Waals surface area contributed by atoms with Crippen LogP contribution >= 0.6 is 0 Å². The molecule has 0 aliphatic heterocycles. The minimum Gasteiger partial charge on any atom is -0.392 e. The highest BCUT2D eigenvalue weighted by molar-refractivity contribution is 5.87. The first-order chi connectivity index (χ1) is 23.3. The molecule has 2 aromatic heterocycles. The molecule has 10 nitrogen and oxygen atoms in total. The molecule has 5 aromatic rings. The summed E-state index contributed by atoms with van der Waals surface area (Å²) in [7, 11) is 5.47. The predicted octanol–water partition coefficient (Wildman–Crippen LogP) is 4.40. The van der Waals surface area contributed by atoms with Crippen molar-refractivity contribution in [2.24, 2.45) is 7.05 Å². The number of fused-ring (bicyclic) bond motifs is 1. The number of nitrogens with zero attached hydrogens (tertiary/aromatic N) is 5. The number of nitrogens with one attached hydrogen (secondary N) is 1. The average molecular weight is 665 g/mol. The molecule has 0 spiro atoms. The average Bonchev–Trinajstić information content (AvgIpc) is 3.05. The smallest absolute Gasteiger partial charge is 0.282 e. The molecule has 0 saturated carbocycles. The van der Waals surface area contributed by atoms with E-state index in [1.54, 1.807) is 43.6 Å². The molecule has 254 valence electrons. The fourth-order valence-corrected chi connectivity index (χ4v) is 5.59. The van der Waals surface area contributed by atoms with Crippen LogP contribution in [-0.2, 0) is 36.8 Å². The summed E-state index contributed by atoms with van der Waals surface area (Å²) in [5, 5.41) is 18.1. The van der Waals surface area contributed by atoms with Crippen molar-refractivity contribution in [2.75, 3.05) is 20.6 Å². The highest BCUT2D eigenvalue weighted by Crippen LogP contribution is 2.29. The molecule has 0 radical (unpaired) electrons. The van der Waals surface area contributed by atoms with E-state index in [1.807, 2.05) is 64.0 Å². The van der Waals surface area contributed by atoms with Crippen molar-refractivity contribution in [2.45, 2.75) is 45.8 Å². The van der Waals surface area contributed by atoms with Gasteiger partial charge in [-0.25, -0.2) is 9.37 Å². The molecule has 2 N–H and O–H groups in total. The molecule has 0 unspecified atom stereocenters. The summed E-state index contributed by atoms with van der Waals surface area (Å²) in [6.45, 7) is 6.40. The number of aliphatic hydroxyl groups is 1. The van der Waals surface area contributed by atoms with Crippen LogP contribution in [-0.4, -0.2) is 55.9 Å². The molecular formula is C38H41FN6O4. The summed E-state index contributed by atoms with van der Waals surface area (Å²) in [5.74, 6) is -0.837. The summed E-state index contributed by atoms with van der Waals surface area (Å²) in [4.78, 5) is 45.8. The Morgan fingerprint density at radius 3 is 2.49 bits per heavy atom. The van der Waals surface area contributed by atoms with Crippen LogP contribution in [0.3, 0.4) is 0 Å². The SMILES string of the molecule is CN(C)C/C=C/C(=O)NCc1cccc(Cc2nc(-c3cccc(-n4ncc5cc(C(C)(C)C)cc(F)c5c4=O)c3CO)cn(C)c2=O)c1. The maximum atomic E-state index is 15.4. The third kappa shape index (κ3) is 7.90. The third-order valence-electron chi connectivity index (χ3n) is 8.23. The molecule has 5 rings (SSSR count). The Hall–Kier alpha value is -5.26. The third-order valence-corrected chi connectivity index (χ3v) is 8.23. The van der Waals surface area contributed by atoms with Gasteiger partial charge in [-0.3, -0.25) is 14.4 Å². The lowest BCUT2D eigenvalue weighted by molar-refractivity contribution is -0.116. The Morgan fingerprint density at radius 1 is 1.04 bits per heavy atom. The van der Waals surface area contributed by atoms with Gasteiger partial charge in [-0.05, 0) is 54.4 Å². The van der Waals surface area contributed by atoms with Crippen molar-refractivity contribution in [3.8, 4) is 16.9 Å². The van der Waals surface area contributed by atoms with Gasteiger partial charge in [-0.1, -0.05) is 63.2 Å². The van der Waals surface area contributed by atoms with Gasteiger partial charge in [0.25, 0.3) is 11.1 Å². The second-order valence-corrected chi connectivity index (χ2v) is 13.4. The molecule has 2 heterocycles. The number of benzene rings is 3. The van der Waals surface area contributed by atoms with Crippen LogP contribution < -0.4 is 16.4 Å². The number of aromatic nitrogens is 4. The van der Waals surface area contributed by atoms with Crippen LogP contribution in [0.15, 0.2) is 88.7 Å². The Kier molecular flexibility index (Phi) is 10.4. The van der Waals surface area contributed by atoms with Crippen LogP contribution in [0.1, 0.15) is 48.7 Å². The highest BCUT2D eigenvalue weighted by atomic mass is 19.1. The number of hydrogen-bond acceptors (Lipinski definition) is 7.